The molecule has 2 amide bonds. The third kappa shape index (κ3) is 5.68. The normalized spacial score (nSPS) is 11.0. The first-order valence-corrected chi connectivity index (χ1v) is 9.92. The minimum absolute atomic E-state index is 0.0357. The van der Waals surface area contributed by atoms with E-state index in [1.54, 1.807) is 18.2 Å². The van der Waals surface area contributed by atoms with Crippen LogP contribution in [0, 0.1) is 0 Å². The number of ether oxygens (including phenoxy) is 1. The number of nitrogens with one attached hydrogen (secondary N) is 2. The van der Waals surface area contributed by atoms with Crippen LogP contribution in [0.4, 0.5) is 29.3 Å². The largest absolute Gasteiger partial charge is 0.437 e. The summed E-state index contributed by atoms with van der Waals surface area (Å²) in [7, 11) is 0. The lowest BCUT2D eigenvalue weighted by Crippen LogP contribution is -2.19. The van der Waals surface area contributed by atoms with Gasteiger partial charge in [-0.05, 0) is 53.6 Å². The minimum Gasteiger partial charge on any atom is -0.437 e. The number of urea groups is 1. The van der Waals surface area contributed by atoms with Gasteiger partial charge in [0.15, 0.2) is 0 Å². The maximum atomic E-state index is 12.9. The van der Waals surface area contributed by atoms with E-state index in [-0.39, 0.29) is 17.3 Å². The number of anilines is 2. The number of rotatable bonds is 5. The third-order valence-corrected chi connectivity index (χ3v) is 4.65. The van der Waals surface area contributed by atoms with Crippen LogP contribution in [0.5, 0.6) is 11.6 Å². The molecule has 4 aromatic rings. The number of halogens is 3. The number of pyridine rings is 1. The summed E-state index contributed by atoms with van der Waals surface area (Å²) in [5.74, 6) is -0.0881. The number of nitrogens with zero attached hydrogens (tertiary/aromatic N) is 1. The van der Waals surface area contributed by atoms with Crippen LogP contribution in [0.1, 0.15) is 5.56 Å². The molecule has 1 heterocycles. The predicted molar refractivity (Wildman–Crippen MR) is 120 cm³/mol. The second kappa shape index (κ2) is 9.44. The zero-order chi connectivity index (χ0) is 23.3. The van der Waals surface area contributed by atoms with Gasteiger partial charge in [-0.25, -0.2) is 9.78 Å². The molecule has 0 unspecified atom stereocenters. The fourth-order valence-electron chi connectivity index (χ4n) is 3.08. The molecule has 0 radical (unpaired) electrons. The van der Waals surface area contributed by atoms with Gasteiger partial charge in [-0.2, -0.15) is 13.2 Å². The summed E-state index contributed by atoms with van der Waals surface area (Å²) in [5, 5.41) is 5.32. The van der Waals surface area contributed by atoms with E-state index >= 15 is 0 Å². The van der Waals surface area contributed by atoms with E-state index in [9.17, 15) is 18.0 Å². The van der Waals surface area contributed by atoms with Gasteiger partial charge >= 0.3 is 12.2 Å². The standard InChI is InChI=1S/C25H18F3N3O2/c26-25(27,28)19-8-4-9-21(16-19)33-23-22(10-5-15-29-23)31-24(32)30-20-13-11-18(12-14-20)17-6-2-1-3-7-17/h1-16H,(H2,30,31,32). The topological polar surface area (TPSA) is 63.2 Å². The van der Waals surface area contributed by atoms with Crippen molar-refractivity contribution in [2.75, 3.05) is 10.6 Å². The Morgan fingerprint density at radius 3 is 2.24 bits per heavy atom. The summed E-state index contributed by atoms with van der Waals surface area (Å²) in [6, 6.07) is 24.1. The monoisotopic (exact) mass is 449 g/mol. The molecule has 0 atom stereocenters. The molecule has 0 saturated carbocycles. The van der Waals surface area contributed by atoms with E-state index in [4.69, 9.17) is 4.74 Å². The number of carbonyl (C=O) groups excluding carboxylic acids is 1. The van der Waals surface area contributed by atoms with Crippen LogP contribution < -0.4 is 15.4 Å². The van der Waals surface area contributed by atoms with Gasteiger partial charge in [0.25, 0.3) is 0 Å². The molecule has 1 aromatic heterocycles. The molecular weight excluding hydrogens is 431 g/mol. The molecule has 8 heteroatoms. The maximum absolute atomic E-state index is 12.9. The van der Waals surface area contributed by atoms with Crippen LogP contribution >= 0.6 is 0 Å². The van der Waals surface area contributed by atoms with E-state index < -0.39 is 17.8 Å². The van der Waals surface area contributed by atoms with Crippen LogP contribution in [0.3, 0.4) is 0 Å². The number of carbonyl (C=O) groups is 1. The number of amides is 2. The Bertz CT molecular complexity index is 1240. The zero-order valence-corrected chi connectivity index (χ0v) is 17.1. The molecule has 33 heavy (non-hydrogen) atoms. The van der Waals surface area contributed by atoms with Gasteiger partial charge in [0.2, 0.25) is 5.88 Å². The first-order valence-electron chi connectivity index (χ1n) is 9.92. The van der Waals surface area contributed by atoms with Gasteiger partial charge in [0.05, 0.1) is 5.56 Å². The van der Waals surface area contributed by atoms with E-state index in [1.807, 2.05) is 42.5 Å². The maximum Gasteiger partial charge on any atom is 0.416 e. The molecule has 2 N–H and O–H groups in total. The van der Waals surface area contributed by atoms with Gasteiger partial charge < -0.3 is 15.4 Å². The summed E-state index contributed by atoms with van der Waals surface area (Å²) >= 11 is 0. The molecule has 0 fully saturated rings. The van der Waals surface area contributed by atoms with Crippen molar-refractivity contribution >= 4 is 17.4 Å². The van der Waals surface area contributed by atoms with Crippen LogP contribution in [0.15, 0.2) is 97.2 Å². The van der Waals surface area contributed by atoms with Crippen LogP contribution in [-0.4, -0.2) is 11.0 Å². The average molecular weight is 449 g/mol. The smallest absolute Gasteiger partial charge is 0.416 e. The van der Waals surface area contributed by atoms with Crippen molar-refractivity contribution < 1.29 is 22.7 Å². The Hall–Kier alpha value is -4.33. The SMILES string of the molecule is O=C(Nc1ccc(-c2ccccc2)cc1)Nc1cccnc1Oc1cccc(C(F)(F)F)c1. The highest BCUT2D eigenvalue weighted by atomic mass is 19.4. The number of alkyl halides is 3. The first kappa shape index (κ1) is 21.9. The summed E-state index contributed by atoms with van der Waals surface area (Å²) in [6.07, 6.45) is -3.09. The Balaban J connectivity index is 1.44. The highest BCUT2D eigenvalue weighted by Crippen LogP contribution is 2.33. The first-order chi connectivity index (χ1) is 15.9. The molecule has 166 valence electrons. The second-order valence-electron chi connectivity index (χ2n) is 7.01. The number of hydrogen-bond donors (Lipinski definition) is 2. The van der Waals surface area contributed by atoms with Gasteiger partial charge in [-0.3, -0.25) is 0 Å². The molecule has 0 saturated heterocycles. The van der Waals surface area contributed by atoms with Gasteiger partial charge in [0.1, 0.15) is 11.4 Å². The fraction of sp³-hybridized carbons (Fsp3) is 0.0400. The second-order valence-corrected chi connectivity index (χ2v) is 7.01. The molecular formula is C25H18F3N3O2. The molecule has 5 nitrogen and oxygen atoms in total. The lowest BCUT2D eigenvalue weighted by Gasteiger charge is -2.13. The van der Waals surface area contributed by atoms with Crippen LogP contribution in [-0.2, 0) is 6.18 Å². The van der Waals surface area contributed by atoms with E-state index in [1.165, 1.54) is 24.4 Å². The van der Waals surface area contributed by atoms with Crippen molar-refractivity contribution in [3.05, 3.63) is 103 Å². The Morgan fingerprint density at radius 2 is 1.52 bits per heavy atom. The quantitative estimate of drug-likeness (QED) is 0.339. The molecule has 0 spiro atoms. The van der Waals surface area contributed by atoms with Crippen LogP contribution in [0.25, 0.3) is 11.1 Å². The molecule has 0 aliphatic carbocycles. The number of hydrogen-bond acceptors (Lipinski definition) is 3. The Labute approximate surface area is 187 Å². The van der Waals surface area contributed by atoms with E-state index in [0.29, 0.717) is 5.69 Å². The van der Waals surface area contributed by atoms with Crippen molar-refractivity contribution in [1.29, 1.82) is 0 Å². The lowest BCUT2D eigenvalue weighted by molar-refractivity contribution is -0.137. The van der Waals surface area contributed by atoms with Gasteiger partial charge in [-0.15, -0.1) is 0 Å². The summed E-state index contributed by atoms with van der Waals surface area (Å²) in [5.41, 5.74) is 1.98. The van der Waals surface area contributed by atoms with Crippen molar-refractivity contribution in [3.63, 3.8) is 0 Å². The highest BCUT2D eigenvalue weighted by Gasteiger charge is 2.30. The number of benzene rings is 3. The van der Waals surface area contributed by atoms with E-state index in [2.05, 4.69) is 15.6 Å². The summed E-state index contributed by atoms with van der Waals surface area (Å²) in [6.45, 7) is 0. The Morgan fingerprint density at radius 1 is 0.788 bits per heavy atom. The van der Waals surface area contributed by atoms with E-state index in [0.717, 1.165) is 23.3 Å². The predicted octanol–water partition coefficient (Wildman–Crippen LogP) is 7.20. The van der Waals surface area contributed by atoms with Crippen molar-refractivity contribution in [2.45, 2.75) is 6.18 Å². The fourth-order valence-corrected chi connectivity index (χ4v) is 3.08. The molecule has 3 aromatic carbocycles. The summed E-state index contributed by atoms with van der Waals surface area (Å²) in [4.78, 5) is 16.5. The highest BCUT2D eigenvalue weighted by molar-refractivity contribution is 6.00. The third-order valence-electron chi connectivity index (χ3n) is 4.65. The average Bonchev–Trinajstić information content (AvgIpc) is 2.81. The molecule has 4 rings (SSSR count). The zero-order valence-electron chi connectivity index (χ0n) is 17.1. The minimum atomic E-state index is -4.50. The summed E-state index contributed by atoms with van der Waals surface area (Å²) < 4.78 is 44.4. The van der Waals surface area contributed by atoms with Crippen molar-refractivity contribution in [1.82, 2.24) is 4.98 Å². The Kier molecular flexibility index (Phi) is 6.26. The van der Waals surface area contributed by atoms with Crippen LogP contribution in [0.2, 0.25) is 0 Å². The lowest BCUT2D eigenvalue weighted by atomic mass is 10.1. The molecule has 0 aliphatic heterocycles. The van der Waals surface area contributed by atoms with Crippen molar-refractivity contribution in [2.24, 2.45) is 0 Å². The van der Waals surface area contributed by atoms with Gasteiger partial charge in [0, 0.05) is 11.9 Å². The number of aromatic nitrogens is 1. The molecule has 0 aliphatic rings. The van der Waals surface area contributed by atoms with Crippen molar-refractivity contribution in [3.8, 4) is 22.8 Å². The molecule has 0 bridgehead atoms. The van der Waals surface area contributed by atoms with Gasteiger partial charge in [-0.1, -0.05) is 48.5 Å².